The Morgan fingerprint density at radius 2 is 1.51 bits per heavy atom. The SMILES string of the molecule is CCOP(=O)(OCC)c1ccc(C[C@@H](CNC(=O)OCc2ccccc2)C(=O)N2C(=O)O[C@@H](c3ccccc3)[C@H]2C)cc1. The first-order chi connectivity index (χ1) is 20.8. The summed E-state index contributed by atoms with van der Waals surface area (Å²) < 4.78 is 35.0. The van der Waals surface area contributed by atoms with Crippen LogP contribution in [0, 0.1) is 5.92 Å². The molecule has 0 spiro atoms. The lowest BCUT2D eigenvalue weighted by Crippen LogP contribution is -2.46. The summed E-state index contributed by atoms with van der Waals surface area (Å²) in [6, 6.07) is 24.6. The van der Waals surface area contributed by atoms with Gasteiger partial charge in [-0.15, -0.1) is 0 Å². The minimum atomic E-state index is -3.48. The van der Waals surface area contributed by atoms with Crippen molar-refractivity contribution < 1.29 is 37.5 Å². The summed E-state index contributed by atoms with van der Waals surface area (Å²) in [5, 5.41) is 3.07. The maximum absolute atomic E-state index is 13.9. The van der Waals surface area contributed by atoms with Crippen LogP contribution in [0.4, 0.5) is 9.59 Å². The van der Waals surface area contributed by atoms with Crippen LogP contribution >= 0.6 is 7.60 Å². The smallest absolute Gasteiger partial charge is 0.417 e. The van der Waals surface area contributed by atoms with E-state index in [-0.39, 0.29) is 32.8 Å². The number of imide groups is 1. The lowest BCUT2D eigenvalue weighted by Gasteiger charge is -2.25. The first-order valence-electron chi connectivity index (χ1n) is 14.3. The predicted octanol–water partition coefficient (Wildman–Crippen LogP) is 5.77. The molecule has 4 rings (SSSR count). The number of nitrogens with one attached hydrogen (secondary N) is 1. The van der Waals surface area contributed by atoms with E-state index in [1.807, 2.05) is 60.7 Å². The maximum Gasteiger partial charge on any atom is 0.417 e. The Kier molecular flexibility index (Phi) is 11.1. The highest BCUT2D eigenvalue weighted by atomic mass is 31.2. The van der Waals surface area contributed by atoms with Crippen LogP contribution in [-0.4, -0.2) is 48.8 Å². The molecule has 0 radical (unpaired) electrons. The van der Waals surface area contributed by atoms with Crippen LogP contribution in [0.3, 0.4) is 0 Å². The van der Waals surface area contributed by atoms with Crippen LogP contribution in [0.1, 0.15) is 43.6 Å². The molecule has 1 saturated heterocycles. The molecule has 3 aromatic rings. The van der Waals surface area contributed by atoms with Gasteiger partial charge in [0.25, 0.3) is 0 Å². The van der Waals surface area contributed by atoms with E-state index in [0.29, 0.717) is 5.30 Å². The van der Waals surface area contributed by atoms with Crippen molar-refractivity contribution >= 4 is 31.0 Å². The van der Waals surface area contributed by atoms with Crippen molar-refractivity contribution in [1.29, 1.82) is 0 Å². The average Bonchev–Trinajstić information content (AvgIpc) is 3.32. The zero-order valence-corrected chi connectivity index (χ0v) is 25.4. The Morgan fingerprint density at radius 1 is 0.907 bits per heavy atom. The first-order valence-corrected chi connectivity index (χ1v) is 15.8. The van der Waals surface area contributed by atoms with Gasteiger partial charge in [-0.2, -0.15) is 0 Å². The zero-order chi connectivity index (χ0) is 30.8. The van der Waals surface area contributed by atoms with Crippen molar-refractivity contribution in [2.45, 2.75) is 45.9 Å². The van der Waals surface area contributed by atoms with Gasteiger partial charge >= 0.3 is 19.8 Å². The fourth-order valence-corrected chi connectivity index (χ4v) is 6.46. The van der Waals surface area contributed by atoms with E-state index in [4.69, 9.17) is 18.5 Å². The van der Waals surface area contributed by atoms with Gasteiger partial charge in [0.1, 0.15) is 12.7 Å². The Balaban J connectivity index is 1.51. The number of rotatable bonds is 13. The van der Waals surface area contributed by atoms with Gasteiger partial charge in [-0.25, -0.2) is 14.5 Å². The molecule has 3 aromatic carbocycles. The Labute approximate surface area is 251 Å². The number of amides is 3. The Morgan fingerprint density at radius 3 is 2.12 bits per heavy atom. The molecule has 1 N–H and O–H groups in total. The van der Waals surface area contributed by atoms with Crippen LogP contribution in [0.15, 0.2) is 84.9 Å². The quantitative estimate of drug-likeness (QED) is 0.243. The molecule has 228 valence electrons. The molecule has 1 fully saturated rings. The fraction of sp³-hybridized carbons (Fsp3) is 0.344. The maximum atomic E-state index is 13.9. The molecule has 0 aliphatic carbocycles. The van der Waals surface area contributed by atoms with E-state index in [1.54, 1.807) is 45.0 Å². The summed E-state index contributed by atoms with van der Waals surface area (Å²) >= 11 is 0. The van der Waals surface area contributed by atoms with Gasteiger partial charge in [-0.3, -0.25) is 9.36 Å². The number of ether oxygens (including phenoxy) is 2. The molecule has 43 heavy (non-hydrogen) atoms. The molecule has 3 amide bonds. The molecule has 0 unspecified atom stereocenters. The number of cyclic esters (lactones) is 1. The standard InChI is InChI=1S/C32H37N2O8P/c1-4-40-43(38,41-5-2)28-18-16-24(17-19-28)20-27(21-33-31(36)39-22-25-12-8-6-9-13-25)30(35)34-23(3)29(42-32(34)37)26-14-10-7-11-15-26/h6-19,23,27,29H,4-5,20-22H2,1-3H3,(H,33,36)/t23-,27+,29-/m1/s1. The highest BCUT2D eigenvalue weighted by molar-refractivity contribution is 7.62. The lowest BCUT2D eigenvalue weighted by atomic mass is 9.96. The van der Waals surface area contributed by atoms with Crippen LogP contribution in [0.25, 0.3) is 0 Å². The number of hydrogen-bond acceptors (Lipinski definition) is 8. The molecule has 0 aromatic heterocycles. The third-order valence-electron chi connectivity index (χ3n) is 7.02. The monoisotopic (exact) mass is 608 g/mol. The number of alkyl carbamates (subject to hydrolysis) is 1. The van der Waals surface area contributed by atoms with Crippen molar-refractivity contribution in [1.82, 2.24) is 10.2 Å². The van der Waals surface area contributed by atoms with E-state index >= 15 is 0 Å². The van der Waals surface area contributed by atoms with Gasteiger partial charge in [0.2, 0.25) is 5.91 Å². The molecule has 3 atom stereocenters. The predicted molar refractivity (Wildman–Crippen MR) is 161 cm³/mol. The highest BCUT2D eigenvalue weighted by Gasteiger charge is 2.45. The van der Waals surface area contributed by atoms with Crippen molar-refractivity contribution in [3.63, 3.8) is 0 Å². The minimum absolute atomic E-state index is 0.0701. The van der Waals surface area contributed by atoms with Crippen LogP contribution in [0.5, 0.6) is 0 Å². The number of benzene rings is 3. The number of carbonyl (C=O) groups excluding carboxylic acids is 3. The molecular formula is C32H37N2O8P. The topological polar surface area (TPSA) is 120 Å². The highest BCUT2D eigenvalue weighted by Crippen LogP contribution is 2.46. The third kappa shape index (κ3) is 8.10. The molecule has 0 bridgehead atoms. The van der Waals surface area contributed by atoms with E-state index in [9.17, 15) is 18.9 Å². The van der Waals surface area contributed by atoms with Gasteiger partial charge < -0.3 is 23.8 Å². The first kappa shape index (κ1) is 31.9. The fourth-order valence-electron chi connectivity index (χ4n) is 4.90. The second-order valence-corrected chi connectivity index (χ2v) is 12.0. The van der Waals surface area contributed by atoms with Gasteiger partial charge in [0, 0.05) is 6.54 Å². The summed E-state index contributed by atoms with van der Waals surface area (Å²) in [5.41, 5.74) is 2.32. The van der Waals surface area contributed by atoms with Crippen molar-refractivity contribution in [2.75, 3.05) is 19.8 Å². The largest absolute Gasteiger partial charge is 0.445 e. The summed E-state index contributed by atoms with van der Waals surface area (Å²) in [4.78, 5) is 40.5. The van der Waals surface area contributed by atoms with Gasteiger partial charge in [0.05, 0.1) is 30.5 Å². The van der Waals surface area contributed by atoms with E-state index in [0.717, 1.165) is 21.6 Å². The Hall–Kier alpha value is -3.98. The second-order valence-electron chi connectivity index (χ2n) is 10.0. The number of hydrogen-bond donors (Lipinski definition) is 1. The van der Waals surface area contributed by atoms with Gasteiger partial charge in [-0.1, -0.05) is 72.8 Å². The van der Waals surface area contributed by atoms with Crippen molar-refractivity contribution in [3.8, 4) is 0 Å². The van der Waals surface area contributed by atoms with E-state index in [2.05, 4.69) is 5.32 Å². The molecule has 1 aliphatic rings. The second kappa shape index (κ2) is 15.0. The molecule has 0 saturated carbocycles. The molecule has 10 nitrogen and oxygen atoms in total. The summed E-state index contributed by atoms with van der Waals surface area (Å²) in [6.07, 6.45) is -1.87. The van der Waals surface area contributed by atoms with Crippen molar-refractivity contribution in [2.24, 2.45) is 5.92 Å². The summed E-state index contributed by atoms with van der Waals surface area (Å²) in [5.74, 6) is -1.32. The summed E-state index contributed by atoms with van der Waals surface area (Å²) in [6.45, 7) is 5.65. The molecule has 11 heteroatoms. The normalized spacial score (nSPS) is 17.3. The van der Waals surface area contributed by atoms with Gasteiger partial charge in [-0.05, 0) is 56.0 Å². The lowest BCUT2D eigenvalue weighted by molar-refractivity contribution is -0.133. The molecule has 1 heterocycles. The van der Waals surface area contributed by atoms with E-state index < -0.39 is 43.8 Å². The summed E-state index contributed by atoms with van der Waals surface area (Å²) in [7, 11) is -3.48. The van der Waals surface area contributed by atoms with Crippen LogP contribution < -0.4 is 10.6 Å². The van der Waals surface area contributed by atoms with Crippen LogP contribution in [-0.2, 0) is 40.9 Å². The Bertz CT molecular complexity index is 1410. The molecular weight excluding hydrogens is 571 g/mol. The average molecular weight is 609 g/mol. The van der Waals surface area contributed by atoms with Crippen molar-refractivity contribution in [3.05, 3.63) is 102 Å². The van der Waals surface area contributed by atoms with Crippen LogP contribution in [0.2, 0.25) is 0 Å². The third-order valence-corrected chi connectivity index (χ3v) is 9.15. The number of nitrogens with zero attached hydrogens (tertiary/aromatic N) is 1. The minimum Gasteiger partial charge on any atom is -0.445 e. The molecule has 1 aliphatic heterocycles. The zero-order valence-electron chi connectivity index (χ0n) is 24.5. The van der Waals surface area contributed by atoms with Gasteiger partial charge in [0.15, 0.2) is 0 Å². The van der Waals surface area contributed by atoms with E-state index in [1.165, 1.54) is 0 Å². The number of carbonyl (C=O) groups is 3.